The molecule has 1 aliphatic heterocycles. The Hall–Kier alpha value is -1.34. The molecule has 0 spiro atoms. The first kappa shape index (κ1) is 15.7. The molecule has 1 amide bonds. The lowest BCUT2D eigenvalue weighted by atomic mass is 9.89. The second-order valence-corrected chi connectivity index (χ2v) is 5.76. The second-order valence-electron chi connectivity index (χ2n) is 5.76. The van der Waals surface area contributed by atoms with Crippen molar-refractivity contribution in [1.29, 1.82) is 0 Å². The van der Waals surface area contributed by atoms with Crippen molar-refractivity contribution in [2.75, 3.05) is 19.8 Å². The molecule has 7 nitrogen and oxygen atoms in total. The number of hydrogen-bond donors (Lipinski definition) is 3. The van der Waals surface area contributed by atoms with Crippen molar-refractivity contribution in [2.24, 2.45) is 0 Å². The Bertz CT molecular complexity index is 347. The number of rotatable bonds is 5. The fourth-order valence-electron chi connectivity index (χ4n) is 1.70. The van der Waals surface area contributed by atoms with Crippen LogP contribution in [0.15, 0.2) is 0 Å². The maximum atomic E-state index is 11.7. The molecule has 0 unspecified atom stereocenters. The summed E-state index contributed by atoms with van der Waals surface area (Å²) >= 11 is 0. The van der Waals surface area contributed by atoms with Crippen LogP contribution in [0.25, 0.3) is 0 Å². The Balaban J connectivity index is 2.52. The maximum absolute atomic E-state index is 11.7. The van der Waals surface area contributed by atoms with Crippen molar-refractivity contribution in [3.05, 3.63) is 0 Å². The van der Waals surface area contributed by atoms with Gasteiger partial charge in [-0.1, -0.05) is 0 Å². The van der Waals surface area contributed by atoms with Crippen LogP contribution in [-0.4, -0.2) is 54.1 Å². The van der Waals surface area contributed by atoms with Crippen LogP contribution in [0.5, 0.6) is 0 Å². The molecule has 0 saturated carbocycles. The van der Waals surface area contributed by atoms with E-state index < -0.39 is 23.2 Å². The van der Waals surface area contributed by atoms with E-state index in [9.17, 15) is 9.59 Å². The predicted molar refractivity (Wildman–Crippen MR) is 68.0 cm³/mol. The highest BCUT2D eigenvalue weighted by Crippen LogP contribution is 2.21. The number of carbonyl (C=O) groups is 2. The standard InChI is InChI=1S/C12H22N2O5/c1-8(14-10(17)19-11(2,3)4)12(6-18-7-12)13-5-9(15)16/h8,13H,5-7H2,1-4H3,(H,14,17)(H,15,16)/t8-/m0/s1. The molecule has 7 heteroatoms. The molecule has 3 N–H and O–H groups in total. The number of carboxylic acid groups (broad SMARTS) is 1. The van der Waals surface area contributed by atoms with Gasteiger partial charge in [-0.05, 0) is 27.7 Å². The van der Waals surface area contributed by atoms with E-state index >= 15 is 0 Å². The van der Waals surface area contributed by atoms with E-state index in [-0.39, 0.29) is 12.6 Å². The predicted octanol–water partition coefficient (Wildman–Crippen LogP) is 0.343. The van der Waals surface area contributed by atoms with Gasteiger partial charge in [-0.3, -0.25) is 10.1 Å². The van der Waals surface area contributed by atoms with Gasteiger partial charge in [0.05, 0.1) is 31.3 Å². The fraction of sp³-hybridized carbons (Fsp3) is 0.833. The Kier molecular flexibility index (Phi) is 4.75. The average Bonchev–Trinajstić information content (AvgIpc) is 2.11. The van der Waals surface area contributed by atoms with E-state index in [1.807, 2.05) is 0 Å². The van der Waals surface area contributed by atoms with E-state index in [1.165, 1.54) is 0 Å². The third kappa shape index (κ3) is 4.68. The lowest BCUT2D eigenvalue weighted by Crippen LogP contribution is -2.71. The van der Waals surface area contributed by atoms with E-state index in [4.69, 9.17) is 14.6 Å². The average molecular weight is 274 g/mol. The molecule has 0 bridgehead atoms. The van der Waals surface area contributed by atoms with Gasteiger partial charge < -0.3 is 19.9 Å². The molecule has 110 valence electrons. The monoisotopic (exact) mass is 274 g/mol. The number of alkyl carbamates (subject to hydrolysis) is 1. The minimum atomic E-state index is -0.948. The number of ether oxygens (including phenoxy) is 2. The summed E-state index contributed by atoms with van der Waals surface area (Å²) in [5.41, 5.74) is -1.11. The number of aliphatic carboxylic acids is 1. The van der Waals surface area contributed by atoms with Crippen LogP contribution in [0.1, 0.15) is 27.7 Å². The highest BCUT2D eigenvalue weighted by atomic mass is 16.6. The van der Waals surface area contributed by atoms with Gasteiger partial charge in [-0.25, -0.2) is 4.79 Å². The topological polar surface area (TPSA) is 96.9 Å². The van der Waals surface area contributed by atoms with Gasteiger partial charge >= 0.3 is 12.1 Å². The van der Waals surface area contributed by atoms with Crippen LogP contribution >= 0.6 is 0 Å². The molecule has 19 heavy (non-hydrogen) atoms. The lowest BCUT2D eigenvalue weighted by molar-refractivity contribution is -0.139. The first-order valence-corrected chi connectivity index (χ1v) is 6.19. The highest BCUT2D eigenvalue weighted by molar-refractivity contribution is 5.70. The second kappa shape index (κ2) is 5.75. The molecule has 0 radical (unpaired) electrons. The minimum Gasteiger partial charge on any atom is -0.480 e. The van der Waals surface area contributed by atoms with Crippen molar-refractivity contribution in [2.45, 2.75) is 44.9 Å². The molecule has 1 fully saturated rings. The molecule has 1 heterocycles. The summed E-state index contributed by atoms with van der Waals surface area (Å²) < 4.78 is 10.3. The molecule has 0 aromatic heterocycles. The largest absolute Gasteiger partial charge is 0.480 e. The lowest BCUT2D eigenvalue weighted by Gasteiger charge is -2.46. The molecular weight excluding hydrogens is 252 g/mol. The number of nitrogens with one attached hydrogen (secondary N) is 2. The van der Waals surface area contributed by atoms with Gasteiger partial charge in [0, 0.05) is 0 Å². The quantitative estimate of drug-likeness (QED) is 0.669. The van der Waals surface area contributed by atoms with E-state index in [2.05, 4.69) is 10.6 Å². The Morgan fingerprint density at radius 1 is 1.42 bits per heavy atom. The van der Waals surface area contributed by atoms with E-state index in [1.54, 1.807) is 27.7 Å². The van der Waals surface area contributed by atoms with Crippen LogP contribution < -0.4 is 10.6 Å². The molecule has 0 aliphatic carbocycles. The van der Waals surface area contributed by atoms with E-state index in [0.717, 1.165) is 0 Å². The van der Waals surface area contributed by atoms with Crippen molar-refractivity contribution < 1.29 is 24.2 Å². The number of carbonyl (C=O) groups excluding carboxylic acids is 1. The van der Waals surface area contributed by atoms with Crippen molar-refractivity contribution in [1.82, 2.24) is 10.6 Å². The fourth-order valence-corrected chi connectivity index (χ4v) is 1.70. The third-order valence-electron chi connectivity index (χ3n) is 2.87. The first-order chi connectivity index (χ1) is 8.65. The Morgan fingerprint density at radius 2 is 2.00 bits per heavy atom. The van der Waals surface area contributed by atoms with Crippen LogP contribution in [0.2, 0.25) is 0 Å². The summed E-state index contributed by atoms with van der Waals surface area (Å²) in [5.74, 6) is -0.948. The van der Waals surface area contributed by atoms with Gasteiger partial charge in [0.25, 0.3) is 0 Å². The number of carboxylic acids is 1. The van der Waals surface area contributed by atoms with Gasteiger partial charge in [-0.2, -0.15) is 0 Å². The van der Waals surface area contributed by atoms with E-state index in [0.29, 0.717) is 13.2 Å². The van der Waals surface area contributed by atoms with Gasteiger partial charge in [0.1, 0.15) is 5.60 Å². The Labute approximate surface area is 112 Å². The summed E-state index contributed by atoms with van der Waals surface area (Å²) in [6.45, 7) is 7.67. The van der Waals surface area contributed by atoms with Gasteiger partial charge in [-0.15, -0.1) is 0 Å². The zero-order chi connectivity index (χ0) is 14.7. The van der Waals surface area contributed by atoms with Crippen LogP contribution in [-0.2, 0) is 14.3 Å². The third-order valence-corrected chi connectivity index (χ3v) is 2.87. The molecule has 1 saturated heterocycles. The normalized spacial score (nSPS) is 19.2. The molecule has 1 atom stereocenters. The van der Waals surface area contributed by atoms with Crippen LogP contribution in [0.3, 0.4) is 0 Å². The van der Waals surface area contributed by atoms with Crippen LogP contribution in [0, 0.1) is 0 Å². The van der Waals surface area contributed by atoms with Crippen molar-refractivity contribution in [3.63, 3.8) is 0 Å². The maximum Gasteiger partial charge on any atom is 0.407 e. The van der Waals surface area contributed by atoms with Gasteiger partial charge in [0.2, 0.25) is 0 Å². The molecule has 1 aliphatic rings. The zero-order valence-electron chi connectivity index (χ0n) is 11.8. The Morgan fingerprint density at radius 3 is 2.37 bits per heavy atom. The molecule has 0 aromatic carbocycles. The first-order valence-electron chi connectivity index (χ1n) is 6.19. The van der Waals surface area contributed by atoms with Crippen molar-refractivity contribution >= 4 is 12.1 Å². The number of hydrogen-bond acceptors (Lipinski definition) is 5. The highest BCUT2D eigenvalue weighted by Gasteiger charge is 2.44. The summed E-state index contributed by atoms with van der Waals surface area (Å²) in [7, 11) is 0. The summed E-state index contributed by atoms with van der Waals surface area (Å²) in [5, 5.41) is 14.3. The summed E-state index contributed by atoms with van der Waals surface area (Å²) in [6, 6.07) is -0.296. The number of amides is 1. The van der Waals surface area contributed by atoms with Crippen LogP contribution in [0.4, 0.5) is 4.79 Å². The molecule has 0 aromatic rings. The SMILES string of the molecule is C[C@H](NC(=O)OC(C)(C)C)C1(NCC(=O)O)COC1. The van der Waals surface area contributed by atoms with Crippen molar-refractivity contribution in [3.8, 4) is 0 Å². The zero-order valence-corrected chi connectivity index (χ0v) is 11.8. The summed E-state index contributed by atoms with van der Waals surface area (Å²) in [4.78, 5) is 22.3. The van der Waals surface area contributed by atoms with Gasteiger partial charge in [0.15, 0.2) is 0 Å². The summed E-state index contributed by atoms with van der Waals surface area (Å²) in [6.07, 6.45) is -0.525. The smallest absolute Gasteiger partial charge is 0.407 e. The molecule has 1 rings (SSSR count). The molecular formula is C12H22N2O5. The minimum absolute atomic E-state index is 0.177.